The van der Waals surface area contributed by atoms with Gasteiger partial charge in [0.15, 0.2) is 5.96 Å². The summed E-state index contributed by atoms with van der Waals surface area (Å²) >= 11 is 0. The quantitative estimate of drug-likeness (QED) is 0.568. The molecule has 1 aromatic heterocycles. The number of aromatic nitrogens is 2. The molecule has 2 aromatic rings. The summed E-state index contributed by atoms with van der Waals surface area (Å²) in [5, 5.41) is 7.10. The van der Waals surface area contributed by atoms with Crippen molar-refractivity contribution in [1.29, 1.82) is 0 Å². The van der Waals surface area contributed by atoms with Gasteiger partial charge in [0.2, 0.25) is 0 Å². The van der Waals surface area contributed by atoms with Crippen LogP contribution in [0, 0.1) is 0 Å². The molecular formula is C24H36N6. The zero-order valence-corrected chi connectivity index (χ0v) is 18.3. The van der Waals surface area contributed by atoms with Gasteiger partial charge in [0, 0.05) is 51.2 Å². The first kappa shape index (κ1) is 20.9. The maximum absolute atomic E-state index is 4.54. The van der Waals surface area contributed by atoms with E-state index < -0.39 is 0 Å². The molecule has 162 valence electrons. The van der Waals surface area contributed by atoms with E-state index in [0.29, 0.717) is 12.6 Å². The highest BCUT2D eigenvalue weighted by atomic mass is 15.2. The number of guanidine groups is 1. The summed E-state index contributed by atoms with van der Waals surface area (Å²) < 4.78 is 2.19. The lowest BCUT2D eigenvalue weighted by atomic mass is 9.92. The highest BCUT2D eigenvalue weighted by Crippen LogP contribution is 2.25. The molecule has 2 N–H and O–H groups in total. The molecule has 6 nitrogen and oxygen atoms in total. The van der Waals surface area contributed by atoms with Crippen LogP contribution in [-0.2, 0) is 13.1 Å². The highest BCUT2D eigenvalue weighted by Gasteiger charge is 2.26. The van der Waals surface area contributed by atoms with Gasteiger partial charge in [0.25, 0.3) is 0 Å². The first-order valence-corrected chi connectivity index (χ1v) is 11.6. The van der Waals surface area contributed by atoms with Crippen molar-refractivity contribution in [2.45, 2.75) is 70.1 Å². The average molecular weight is 409 g/mol. The Bertz CT molecular complexity index is 785. The Morgan fingerprint density at radius 3 is 2.57 bits per heavy atom. The third-order valence-electron chi connectivity index (χ3n) is 6.60. The fourth-order valence-electron chi connectivity index (χ4n) is 4.84. The number of imidazole rings is 1. The molecule has 2 aliphatic rings. The summed E-state index contributed by atoms with van der Waals surface area (Å²) in [5.41, 5.74) is 1.28. The maximum Gasteiger partial charge on any atom is 0.191 e. The summed E-state index contributed by atoms with van der Waals surface area (Å²) in [7, 11) is 1.85. The van der Waals surface area contributed by atoms with Crippen molar-refractivity contribution in [2.24, 2.45) is 4.99 Å². The Morgan fingerprint density at radius 2 is 1.83 bits per heavy atom. The lowest BCUT2D eigenvalue weighted by molar-refractivity contribution is 0.119. The Hall–Kier alpha value is -2.34. The third-order valence-corrected chi connectivity index (χ3v) is 6.60. The van der Waals surface area contributed by atoms with Crippen molar-refractivity contribution in [1.82, 2.24) is 25.1 Å². The molecule has 0 atom stereocenters. The molecule has 1 aromatic carbocycles. The van der Waals surface area contributed by atoms with Gasteiger partial charge in [-0.15, -0.1) is 0 Å². The van der Waals surface area contributed by atoms with E-state index in [1.807, 2.05) is 19.4 Å². The Kier molecular flexibility index (Phi) is 7.40. The summed E-state index contributed by atoms with van der Waals surface area (Å²) in [5.74, 6) is 1.90. The minimum atomic E-state index is 0.500. The molecule has 4 rings (SSSR count). The largest absolute Gasteiger partial charge is 0.354 e. The SMILES string of the molecule is CN=C(NCc1nccn1Cc1ccccc1)NC1CCN(C2CCCCC2)CC1. The standard InChI is InChI=1S/C24H36N6/c1-25-24(28-21-12-15-29(16-13-21)22-10-6-3-7-11-22)27-18-23-26-14-17-30(23)19-20-8-4-2-5-9-20/h2,4-5,8-9,14,17,21-22H,3,6-7,10-13,15-16,18-19H2,1H3,(H2,25,27,28). The number of piperidine rings is 1. The first-order chi connectivity index (χ1) is 14.8. The summed E-state index contributed by atoms with van der Waals surface area (Å²) in [6, 6.07) is 11.8. The van der Waals surface area contributed by atoms with Crippen LogP contribution < -0.4 is 10.6 Å². The number of nitrogens with zero attached hydrogens (tertiary/aromatic N) is 4. The number of hydrogen-bond acceptors (Lipinski definition) is 3. The fourth-order valence-corrected chi connectivity index (χ4v) is 4.84. The monoisotopic (exact) mass is 408 g/mol. The first-order valence-electron chi connectivity index (χ1n) is 11.6. The van der Waals surface area contributed by atoms with E-state index in [4.69, 9.17) is 0 Å². The molecule has 0 radical (unpaired) electrons. The molecule has 0 spiro atoms. The van der Waals surface area contributed by atoms with E-state index >= 15 is 0 Å². The molecule has 0 amide bonds. The van der Waals surface area contributed by atoms with Gasteiger partial charge in [-0.2, -0.15) is 0 Å². The van der Waals surface area contributed by atoms with Crippen LogP contribution in [0.1, 0.15) is 56.3 Å². The van der Waals surface area contributed by atoms with Crippen LogP contribution in [-0.4, -0.2) is 52.6 Å². The van der Waals surface area contributed by atoms with Crippen molar-refractivity contribution < 1.29 is 0 Å². The summed E-state index contributed by atoms with van der Waals surface area (Å²) in [6.07, 6.45) is 13.4. The van der Waals surface area contributed by atoms with E-state index in [0.717, 1.165) is 24.4 Å². The fraction of sp³-hybridized carbons (Fsp3) is 0.583. The van der Waals surface area contributed by atoms with Gasteiger partial charge in [0.05, 0.1) is 6.54 Å². The van der Waals surface area contributed by atoms with Gasteiger partial charge in [-0.05, 0) is 31.2 Å². The van der Waals surface area contributed by atoms with Crippen LogP contribution in [0.25, 0.3) is 0 Å². The van der Waals surface area contributed by atoms with Crippen LogP contribution in [0.3, 0.4) is 0 Å². The maximum atomic E-state index is 4.54. The van der Waals surface area contributed by atoms with E-state index in [9.17, 15) is 0 Å². The van der Waals surface area contributed by atoms with Gasteiger partial charge in [-0.3, -0.25) is 4.99 Å². The van der Waals surface area contributed by atoms with Crippen molar-refractivity contribution in [3.63, 3.8) is 0 Å². The number of rotatable bonds is 6. The van der Waals surface area contributed by atoms with Gasteiger partial charge in [0.1, 0.15) is 5.82 Å². The highest BCUT2D eigenvalue weighted by molar-refractivity contribution is 5.79. The zero-order chi connectivity index (χ0) is 20.6. The molecule has 2 fully saturated rings. The molecule has 30 heavy (non-hydrogen) atoms. The minimum absolute atomic E-state index is 0.500. The van der Waals surface area contributed by atoms with Crippen LogP contribution >= 0.6 is 0 Å². The molecule has 2 heterocycles. The lowest BCUT2D eigenvalue weighted by Gasteiger charge is -2.39. The summed E-state index contributed by atoms with van der Waals surface area (Å²) in [6.45, 7) is 3.92. The van der Waals surface area contributed by atoms with E-state index in [2.05, 4.69) is 60.4 Å². The smallest absolute Gasteiger partial charge is 0.191 e. The second-order valence-electron chi connectivity index (χ2n) is 8.63. The number of likely N-dealkylation sites (tertiary alicyclic amines) is 1. The predicted octanol–water partition coefficient (Wildman–Crippen LogP) is 3.39. The second-order valence-corrected chi connectivity index (χ2v) is 8.63. The van der Waals surface area contributed by atoms with Crippen LogP contribution in [0.5, 0.6) is 0 Å². The van der Waals surface area contributed by atoms with Crippen LogP contribution in [0.15, 0.2) is 47.7 Å². The van der Waals surface area contributed by atoms with Crippen molar-refractivity contribution in [2.75, 3.05) is 20.1 Å². The van der Waals surface area contributed by atoms with E-state index in [1.54, 1.807) is 0 Å². The summed E-state index contributed by atoms with van der Waals surface area (Å²) in [4.78, 5) is 11.7. The van der Waals surface area contributed by atoms with Crippen LogP contribution in [0.2, 0.25) is 0 Å². The van der Waals surface area contributed by atoms with Crippen LogP contribution in [0.4, 0.5) is 0 Å². The van der Waals surface area contributed by atoms with E-state index in [1.165, 1.54) is 63.6 Å². The average Bonchev–Trinajstić information content (AvgIpc) is 3.25. The molecule has 0 bridgehead atoms. The van der Waals surface area contributed by atoms with Crippen molar-refractivity contribution >= 4 is 5.96 Å². The molecule has 6 heteroatoms. The second kappa shape index (κ2) is 10.6. The Labute approximate surface area is 180 Å². The molecular weight excluding hydrogens is 372 g/mol. The van der Waals surface area contributed by atoms with Gasteiger partial charge in [-0.1, -0.05) is 49.6 Å². The number of aliphatic imine (C=N–C) groups is 1. The molecule has 1 aliphatic heterocycles. The topological polar surface area (TPSA) is 57.5 Å². The molecule has 1 saturated carbocycles. The van der Waals surface area contributed by atoms with Gasteiger partial charge >= 0.3 is 0 Å². The lowest BCUT2D eigenvalue weighted by Crippen LogP contribution is -2.50. The molecule has 1 aliphatic carbocycles. The zero-order valence-electron chi connectivity index (χ0n) is 18.3. The van der Waals surface area contributed by atoms with Gasteiger partial charge in [-0.25, -0.2) is 4.98 Å². The number of nitrogens with one attached hydrogen (secondary N) is 2. The Morgan fingerprint density at radius 1 is 1.07 bits per heavy atom. The normalized spacial score (nSPS) is 19.7. The molecule has 1 saturated heterocycles. The van der Waals surface area contributed by atoms with E-state index in [-0.39, 0.29) is 0 Å². The van der Waals surface area contributed by atoms with Crippen molar-refractivity contribution in [3.05, 3.63) is 54.1 Å². The van der Waals surface area contributed by atoms with Crippen molar-refractivity contribution in [3.8, 4) is 0 Å². The number of hydrogen-bond donors (Lipinski definition) is 2. The molecule has 0 unspecified atom stereocenters. The minimum Gasteiger partial charge on any atom is -0.354 e. The Balaban J connectivity index is 1.24. The predicted molar refractivity (Wildman–Crippen MR) is 123 cm³/mol. The number of benzene rings is 1. The van der Waals surface area contributed by atoms with Gasteiger partial charge < -0.3 is 20.1 Å². The third kappa shape index (κ3) is 5.63.